The van der Waals surface area contributed by atoms with E-state index in [4.69, 9.17) is 10.5 Å². The molecule has 2 heterocycles. The third-order valence-electron chi connectivity index (χ3n) is 3.79. The molecule has 19 heavy (non-hydrogen) atoms. The van der Waals surface area contributed by atoms with Crippen LogP contribution in [0.1, 0.15) is 27.2 Å². The SMILES string of the molecule is CC(C)(C)OC(=O)N1C[C@@H]2C[C@H]1C2C(N)C(F)(F)F. The molecule has 1 amide bonds. The summed E-state index contributed by atoms with van der Waals surface area (Å²) >= 11 is 0. The number of alkyl halides is 3. The van der Waals surface area contributed by atoms with Gasteiger partial charge in [-0.05, 0) is 33.1 Å². The zero-order chi connectivity index (χ0) is 14.6. The summed E-state index contributed by atoms with van der Waals surface area (Å²) in [4.78, 5) is 13.3. The third kappa shape index (κ3) is 2.66. The standard InChI is InChI=1S/C12H19F3N2O2/c1-11(2,3)19-10(18)17-5-6-4-7(17)8(6)9(16)12(13,14)15/h6-9H,4-5,16H2,1-3H3/t6-,7-,8?,9?/m0/s1. The van der Waals surface area contributed by atoms with Gasteiger partial charge in [0.1, 0.15) is 11.6 Å². The molecule has 2 unspecified atom stereocenters. The van der Waals surface area contributed by atoms with E-state index in [9.17, 15) is 18.0 Å². The number of nitrogens with zero attached hydrogens (tertiary/aromatic N) is 1. The molecule has 0 aromatic heterocycles. The number of halogens is 3. The molecule has 7 heteroatoms. The Morgan fingerprint density at radius 3 is 2.42 bits per heavy atom. The molecule has 2 saturated heterocycles. The van der Waals surface area contributed by atoms with Gasteiger partial charge in [-0.2, -0.15) is 13.2 Å². The average Bonchev–Trinajstić information content (AvgIpc) is 2.69. The van der Waals surface area contributed by atoms with Gasteiger partial charge in [0.05, 0.1) is 0 Å². The first-order valence-electron chi connectivity index (χ1n) is 6.32. The van der Waals surface area contributed by atoms with E-state index in [0.717, 1.165) is 0 Å². The predicted octanol–water partition coefficient (Wildman–Crippen LogP) is 2.13. The van der Waals surface area contributed by atoms with Crippen LogP contribution in [-0.2, 0) is 4.74 Å². The van der Waals surface area contributed by atoms with Gasteiger partial charge in [-0.15, -0.1) is 0 Å². The maximum Gasteiger partial charge on any atom is 0.410 e. The summed E-state index contributed by atoms with van der Waals surface area (Å²) in [6.45, 7) is 5.49. The van der Waals surface area contributed by atoms with Crippen LogP contribution in [0.15, 0.2) is 0 Å². The molecule has 4 atom stereocenters. The lowest BCUT2D eigenvalue weighted by Crippen LogP contribution is -2.56. The Bertz CT molecular complexity index is 378. The van der Waals surface area contributed by atoms with Crippen molar-refractivity contribution in [1.82, 2.24) is 4.90 Å². The maximum atomic E-state index is 12.6. The van der Waals surface area contributed by atoms with Crippen LogP contribution >= 0.6 is 0 Å². The van der Waals surface area contributed by atoms with Crippen LogP contribution in [0.3, 0.4) is 0 Å². The van der Waals surface area contributed by atoms with Gasteiger partial charge < -0.3 is 15.4 Å². The minimum absolute atomic E-state index is 0.158. The summed E-state index contributed by atoms with van der Waals surface area (Å²) in [5.41, 5.74) is 4.62. The van der Waals surface area contributed by atoms with E-state index >= 15 is 0 Å². The number of amides is 1. The highest BCUT2D eigenvalue weighted by Gasteiger charge is 2.61. The molecule has 3 rings (SSSR count). The van der Waals surface area contributed by atoms with Crippen molar-refractivity contribution in [2.75, 3.05) is 6.54 Å². The Morgan fingerprint density at radius 2 is 1.95 bits per heavy atom. The molecule has 0 spiro atoms. The fourth-order valence-electron chi connectivity index (χ4n) is 2.94. The van der Waals surface area contributed by atoms with Crippen molar-refractivity contribution in [3.63, 3.8) is 0 Å². The molecule has 0 aromatic carbocycles. The van der Waals surface area contributed by atoms with Crippen molar-refractivity contribution in [2.45, 2.75) is 51.1 Å². The molecule has 1 aliphatic carbocycles. The Morgan fingerprint density at radius 1 is 1.37 bits per heavy atom. The Kier molecular flexibility index (Phi) is 3.24. The van der Waals surface area contributed by atoms with E-state index in [0.29, 0.717) is 13.0 Å². The van der Waals surface area contributed by atoms with E-state index < -0.39 is 35.9 Å². The van der Waals surface area contributed by atoms with Crippen LogP contribution in [0.5, 0.6) is 0 Å². The van der Waals surface area contributed by atoms with Crippen LogP contribution in [0.25, 0.3) is 0 Å². The lowest BCUT2D eigenvalue weighted by Gasteiger charge is -2.40. The summed E-state index contributed by atoms with van der Waals surface area (Å²) in [6, 6.07) is -2.29. The van der Waals surface area contributed by atoms with Crippen molar-refractivity contribution in [3.05, 3.63) is 0 Å². The molecule has 3 aliphatic rings. The monoisotopic (exact) mass is 280 g/mol. The lowest BCUT2D eigenvalue weighted by atomic mass is 9.69. The first kappa shape index (κ1) is 14.4. The number of nitrogens with two attached hydrogens (primary N) is 1. The van der Waals surface area contributed by atoms with E-state index in [-0.39, 0.29) is 5.92 Å². The molecule has 2 bridgehead atoms. The Hall–Kier alpha value is -0.980. The van der Waals surface area contributed by atoms with E-state index in [1.54, 1.807) is 20.8 Å². The van der Waals surface area contributed by atoms with Crippen molar-refractivity contribution in [3.8, 4) is 0 Å². The highest BCUT2D eigenvalue weighted by Crippen LogP contribution is 2.50. The van der Waals surface area contributed by atoms with E-state index in [1.807, 2.05) is 0 Å². The molecule has 110 valence electrons. The van der Waals surface area contributed by atoms with Crippen LogP contribution in [0.2, 0.25) is 0 Å². The smallest absolute Gasteiger partial charge is 0.410 e. The number of ether oxygens (including phenoxy) is 1. The highest BCUT2D eigenvalue weighted by molar-refractivity contribution is 5.69. The molecule has 1 saturated carbocycles. The van der Waals surface area contributed by atoms with Crippen molar-refractivity contribution in [2.24, 2.45) is 17.6 Å². The predicted molar refractivity (Wildman–Crippen MR) is 62.4 cm³/mol. The summed E-state index contributed by atoms with van der Waals surface area (Å²) < 4.78 is 43.1. The van der Waals surface area contributed by atoms with E-state index in [1.165, 1.54) is 4.90 Å². The number of hydrogen-bond donors (Lipinski definition) is 1. The van der Waals surface area contributed by atoms with Crippen molar-refractivity contribution < 1.29 is 22.7 Å². The lowest BCUT2D eigenvalue weighted by molar-refractivity contribution is -0.171. The first-order valence-corrected chi connectivity index (χ1v) is 6.32. The summed E-state index contributed by atoms with van der Waals surface area (Å²) in [6.07, 6.45) is -4.36. The fraction of sp³-hybridized carbons (Fsp3) is 0.917. The third-order valence-corrected chi connectivity index (χ3v) is 3.79. The van der Waals surface area contributed by atoms with Crippen LogP contribution < -0.4 is 5.73 Å². The first-order chi connectivity index (χ1) is 8.50. The molecule has 0 radical (unpaired) electrons. The van der Waals surface area contributed by atoms with Gasteiger partial charge in [-0.25, -0.2) is 4.79 Å². The Balaban J connectivity index is 2.01. The zero-order valence-corrected chi connectivity index (χ0v) is 11.2. The topological polar surface area (TPSA) is 55.6 Å². The van der Waals surface area contributed by atoms with Crippen LogP contribution in [-0.4, -0.2) is 41.4 Å². The summed E-state index contributed by atoms with van der Waals surface area (Å²) in [5, 5.41) is 0. The molecular weight excluding hydrogens is 261 g/mol. The van der Waals surface area contributed by atoms with Gasteiger partial charge in [0, 0.05) is 18.5 Å². The van der Waals surface area contributed by atoms with Crippen LogP contribution in [0.4, 0.5) is 18.0 Å². The van der Waals surface area contributed by atoms with E-state index in [2.05, 4.69) is 0 Å². The molecule has 3 fully saturated rings. The molecular formula is C12H19F3N2O2. The second-order valence-electron chi connectivity index (χ2n) is 6.34. The normalized spacial score (nSPS) is 31.9. The van der Waals surface area contributed by atoms with Gasteiger partial charge in [-0.3, -0.25) is 0 Å². The van der Waals surface area contributed by atoms with Gasteiger partial charge >= 0.3 is 12.3 Å². The molecule has 4 nitrogen and oxygen atoms in total. The Labute approximate surface area is 110 Å². The van der Waals surface area contributed by atoms with Crippen molar-refractivity contribution >= 4 is 6.09 Å². The second kappa shape index (κ2) is 4.26. The summed E-state index contributed by atoms with van der Waals surface area (Å²) in [7, 11) is 0. The maximum absolute atomic E-state index is 12.6. The molecule has 2 aliphatic heterocycles. The average molecular weight is 280 g/mol. The number of carbonyl (C=O) groups excluding carboxylic acids is 1. The molecule has 2 N–H and O–H groups in total. The van der Waals surface area contributed by atoms with Gasteiger partial charge in [-0.1, -0.05) is 0 Å². The largest absolute Gasteiger partial charge is 0.444 e. The zero-order valence-electron chi connectivity index (χ0n) is 11.2. The number of carbonyl (C=O) groups is 1. The number of rotatable bonds is 1. The van der Waals surface area contributed by atoms with Gasteiger partial charge in [0.2, 0.25) is 0 Å². The summed E-state index contributed by atoms with van der Waals surface area (Å²) in [5.74, 6) is -0.846. The fourth-order valence-corrected chi connectivity index (χ4v) is 2.94. The van der Waals surface area contributed by atoms with Crippen molar-refractivity contribution in [1.29, 1.82) is 0 Å². The van der Waals surface area contributed by atoms with Gasteiger partial charge in [0.25, 0.3) is 0 Å². The number of fused-ring (bicyclic) bond motifs is 1. The highest BCUT2D eigenvalue weighted by atomic mass is 19.4. The van der Waals surface area contributed by atoms with Crippen LogP contribution in [0, 0.1) is 11.8 Å². The quantitative estimate of drug-likeness (QED) is 0.800. The number of hydrogen-bond acceptors (Lipinski definition) is 3. The minimum Gasteiger partial charge on any atom is -0.444 e. The second-order valence-corrected chi connectivity index (χ2v) is 6.34. The van der Waals surface area contributed by atoms with Gasteiger partial charge in [0.15, 0.2) is 0 Å². The molecule has 0 aromatic rings. The minimum atomic E-state index is -4.41.